The minimum Gasteiger partial charge on any atom is -0.353 e. The average molecular weight is 261 g/mol. The third kappa shape index (κ3) is 4.02. The van der Waals surface area contributed by atoms with Crippen LogP contribution in [0.5, 0.6) is 0 Å². The molecule has 1 aromatic rings. The van der Waals surface area contributed by atoms with Gasteiger partial charge in [-0.3, -0.25) is 4.98 Å². The SMILES string of the molecule is c1cncc(C(COC2CCCCO2)CC2CC2)c1. The lowest BCUT2D eigenvalue weighted by Crippen LogP contribution is -2.24. The first-order chi connectivity index (χ1) is 9.42. The van der Waals surface area contributed by atoms with E-state index in [4.69, 9.17) is 9.47 Å². The van der Waals surface area contributed by atoms with Crippen LogP contribution in [0.25, 0.3) is 0 Å². The summed E-state index contributed by atoms with van der Waals surface area (Å²) in [6, 6.07) is 4.19. The molecule has 2 fully saturated rings. The molecule has 1 saturated heterocycles. The zero-order valence-electron chi connectivity index (χ0n) is 11.5. The molecule has 1 aliphatic heterocycles. The summed E-state index contributed by atoms with van der Waals surface area (Å²) in [5.41, 5.74) is 1.31. The predicted molar refractivity (Wildman–Crippen MR) is 73.9 cm³/mol. The summed E-state index contributed by atoms with van der Waals surface area (Å²) < 4.78 is 11.6. The van der Waals surface area contributed by atoms with E-state index in [-0.39, 0.29) is 6.29 Å². The summed E-state index contributed by atoms with van der Waals surface area (Å²) in [6.07, 6.45) is 11.3. The van der Waals surface area contributed by atoms with E-state index in [2.05, 4.69) is 11.1 Å². The molecule has 3 nitrogen and oxygen atoms in total. The summed E-state index contributed by atoms with van der Waals surface area (Å²) in [7, 11) is 0. The van der Waals surface area contributed by atoms with Crippen molar-refractivity contribution in [1.29, 1.82) is 0 Å². The average Bonchev–Trinajstić information content (AvgIpc) is 3.29. The molecule has 2 unspecified atom stereocenters. The Hall–Kier alpha value is -0.930. The molecule has 1 aliphatic carbocycles. The summed E-state index contributed by atoms with van der Waals surface area (Å²) in [6.45, 7) is 1.62. The molecule has 1 aromatic heterocycles. The fourth-order valence-electron chi connectivity index (χ4n) is 2.74. The van der Waals surface area contributed by atoms with Crippen LogP contribution in [0.15, 0.2) is 24.5 Å². The number of pyridine rings is 1. The third-order valence-corrected chi connectivity index (χ3v) is 4.09. The maximum Gasteiger partial charge on any atom is 0.157 e. The van der Waals surface area contributed by atoms with Gasteiger partial charge >= 0.3 is 0 Å². The van der Waals surface area contributed by atoms with Crippen LogP contribution in [0.2, 0.25) is 0 Å². The fraction of sp³-hybridized carbons (Fsp3) is 0.688. The summed E-state index contributed by atoms with van der Waals surface area (Å²) in [4.78, 5) is 4.24. The zero-order valence-corrected chi connectivity index (χ0v) is 11.5. The van der Waals surface area contributed by atoms with Gasteiger partial charge in [-0.1, -0.05) is 18.9 Å². The molecular weight excluding hydrogens is 238 g/mol. The predicted octanol–water partition coefficient (Wildman–Crippen LogP) is 3.51. The molecule has 2 aliphatic rings. The van der Waals surface area contributed by atoms with Crippen molar-refractivity contribution in [1.82, 2.24) is 4.98 Å². The maximum absolute atomic E-state index is 5.98. The molecule has 104 valence electrons. The highest BCUT2D eigenvalue weighted by Gasteiger charge is 2.27. The highest BCUT2D eigenvalue weighted by Crippen LogP contribution is 2.38. The van der Waals surface area contributed by atoms with E-state index in [1.165, 1.54) is 37.7 Å². The van der Waals surface area contributed by atoms with E-state index in [0.29, 0.717) is 5.92 Å². The van der Waals surface area contributed by atoms with Crippen molar-refractivity contribution in [2.24, 2.45) is 5.92 Å². The summed E-state index contributed by atoms with van der Waals surface area (Å²) >= 11 is 0. The number of hydrogen-bond acceptors (Lipinski definition) is 3. The lowest BCUT2D eigenvalue weighted by molar-refractivity contribution is -0.165. The van der Waals surface area contributed by atoms with E-state index in [9.17, 15) is 0 Å². The van der Waals surface area contributed by atoms with Crippen molar-refractivity contribution in [2.75, 3.05) is 13.2 Å². The molecule has 19 heavy (non-hydrogen) atoms. The molecule has 2 atom stereocenters. The van der Waals surface area contributed by atoms with Crippen LogP contribution in [0.3, 0.4) is 0 Å². The van der Waals surface area contributed by atoms with Crippen LogP contribution in [-0.2, 0) is 9.47 Å². The Morgan fingerprint density at radius 3 is 2.95 bits per heavy atom. The molecule has 0 aromatic carbocycles. The van der Waals surface area contributed by atoms with Crippen molar-refractivity contribution in [3.63, 3.8) is 0 Å². The molecule has 3 rings (SSSR count). The molecule has 0 bridgehead atoms. The van der Waals surface area contributed by atoms with Gasteiger partial charge in [0, 0.05) is 24.9 Å². The van der Waals surface area contributed by atoms with Gasteiger partial charge in [-0.15, -0.1) is 0 Å². The van der Waals surface area contributed by atoms with Crippen LogP contribution < -0.4 is 0 Å². The molecule has 1 saturated carbocycles. The maximum atomic E-state index is 5.98. The van der Waals surface area contributed by atoms with Crippen molar-refractivity contribution >= 4 is 0 Å². The molecule has 0 radical (unpaired) electrons. The first-order valence-corrected chi connectivity index (χ1v) is 7.55. The molecule has 0 amide bonds. The highest BCUT2D eigenvalue weighted by molar-refractivity contribution is 5.15. The number of rotatable bonds is 6. The van der Waals surface area contributed by atoms with Gasteiger partial charge in [-0.25, -0.2) is 0 Å². The highest BCUT2D eigenvalue weighted by atomic mass is 16.7. The molecule has 0 N–H and O–H groups in total. The minimum absolute atomic E-state index is 0.0205. The van der Waals surface area contributed by atoms with Gasteiger partial charge in [-0.2, -0.15) is 0 Å². The van der Waals surface area contributed by atoms with Gasteiger partial charge in [0.05, 0.1) is 6.61 Å². The Morgan fingerprint density at radius 2 is 2.26 bits per heavy atom. The second-order valence-electron chi connectivity index (χ2n) is 5.79. The normalized spacial score (nSPS) is 25.2. The van der Waals surface area contributed by atoms with Gasteiger partial charge in [-0.05, 0) is 43.2 Å². The lowest BCUT2D eigenvalue weighted by atomic mass is 9.95. The van der Waals surface area contributed by atoms with Crippen LogP contribution >= 0.6 is 0 Å². The fourth-order valence-corrected chi connectivity index (χ4v) is 2.74. The molecule has 2 heterocycles. The Kier molecular flexibility index (Phi) is 4.46. The number of nitrogens with zero attached hydrogens (tertiary/aromatic N) is 1. The van der Waals surface area contributed by atoms with Crippen molar-refractivity contribution in [3.05, 3.63) is 30.1 Å². The van der Waals surface area contributed by atoms with Crippen LogP contribution in [0, 0.1) is 5.92 Å². The largest absolute Gasteiger partial charge is 0.353 e. The monoisotopic (exact) mass is 261 g/mol. The van der Waals surface area contributed by atoms with Gasteiger partial charge in [0.2, 0.25) is 0 Å². The second kappa shape index (κ2) is 6.49. The molecule has 3 heteroatoms. The molecular formula is C16H23NO2. The van der Waals surface area contributed by atoms with E-state index in [0.717, 1.165) is 25.6 Å². The quantitative estimate of drug-likeness (QED) is 0.785. The van der Waals surface area contributed by atoms with E-state index < -0.39 is 0 Å². The van der Waals surface area contributed by atoms with Crippen molar-refractivity contribution in [3.8, 4) is 0 Å². The van der Waals surface area contributed by atoms with Gasteiger partial charge in [0.1, 0.15) is 0 Å². The second-order valence-corrected chi connectivity index (χ2v) is 5.79. The van der Waals surface area contributed by atoms with Gasteiger partial charge in [0.15, 0.2) is 6.29 Å². The van der Waals surface area contributed by atoms with E-state index in [1.807, 2.05) is 18.5 Å². The van der Waals surface area contributed by atoms with E-state index in [1.54, 1.807) is 0 Å². The van der Waals surface area contributed by atoms with Gasteiger partial charge in [0.25, 0.3) is 0 Å². The van der Waals surface area contributed by atoms with Crippen LogP contribution in [0.4, 0.5) is 0 Å². The lowest BCUT2D eigenvalue weighted by Gasteiger charge is -2.25. The number of hydrogen-bond donors (Lipinski definition) is 0. The van der Waals surface area contributed by atoms with Gasteiger partial charge < -0.3 is 9.47 Å². The van der Waals surface area contributed by atoms with Crippen LogP contribution in [0.1, 0.15) is 50.0 Å². The summed E-state index contributed by atoms with van der Waals surface area (Å²) in [5.74, 6) is 1.38. The Morgan fingerprint density at radius 1 is 1.32 bits per heavy atom. The smallest absolute Gasteiger partial charge is 0.157 e. The topological polar surface area (TPSA) is 31.4 Å². The zero-order chi connectivity index (χ0) is 12.9. The number of aromatic nitrogens is 1. The third-order valence-electron chi connectivity index (χ3n) is 4.09. The standard InChI is InChI=1S/C16H23NO2/c1-2-9-18-16(5-1)19-12-15(10-13-6-7-13)14-4-3-8-17-11-14/h3-4,8,11,13,15-16H,1-2,5-7,9-10,12H2. The Bertz CT molecular complexity index is 372. The first-order valence-electron chi connectivity index (χ1n) is 7.55. The van der Waals surface area contributed by atoms with Crippen molar-refractivity contribution < 1.29 is 9.47 Å². The Balaban J connectivity index is 1.55. The first kappa shape index (κ1) is 13.1. The molecule has 0 spiro atoms. The van der Waals surface area contributed by atoms with Crippen molar-refractivity contribution in [2.45, 2.75) is 50.7 Å². The Labute approximate surface area is 115 Å². The number of ether oxygens (including phenoxy) is 2. The summed E-state index contributed by atoms with van der Waals surface area (Å²) in [5, 5.41) is 0. The minimum atomic E-state index is 0.0205. The van der Waals surface area contributed by atoms with Crippen LogP contribution in [-0.4, -0.2) is 24.5 Å². The van der Waals surface area contributed by atoms with E-state index >= 15 is 0 Å².